The Labute approximate surface area is 263 Å². The fraction of sp³-hybridized carbons (Fsp3) is 0. The Morgan fingerprint density at radius 1 is 0.370 bits per heavy atom. The number of benzene rings is 7. The quantitative estimate of drug-likeness (QED) is 0.206. The van der Waals surface area contributed by atoms with Gasteiger partial charge in [0.15, 0.2) is 5.82 Å². The van der Waals surface area contributed by atoms with Crippen LogP contribution in [0.25, 0.3) is 99.3 Å². The van der Waals surface area contributed by atoms with Crippen LogP contribution < -0.4 is 0 Å². The third-order valence-electron chi connectivity index (χ3n) is 9.09. The number of furan rings is 2. The van der Waals surface area contributed by atoms with Crippen molar-refractivity contribution in [3.05, 3.63) is 146 Å². The molecule has 0 amide bonds. The second-order valence-electron chi connectivity index (χ2n) is 11.8. The minimum Gasteiger partial charge on any atom is -0.456 e. The number of fused-ring (bicyclic) bond motifs is 9. The number of hydrogen-bond donors (Lipinski definition) is 0. The molecule has 7 aromatic carbocycles. The average Bonchev–Trinajstić information content (AvgIpc) is 3.69. The number of rotatable bonds is 3. The Hall–Kier alpha value is -6.26. The largest absolute Gasteiger partial charge is 0.456 e. The van der Waals surface area contributed by atoms with E-state index in [9.17, 15) is 0 Å². The highest BCUT2D eigenvalue weighted by Crippen LogP contribution is 2.37. The van der Waals surface area contributed by atoms with E-state index in [1.54, 1.807) is 0 Å². The van der Waals surface area contributed by atoms with Crippen LogP contribution in [0.4, 0.5) is 0 Å². The molecule has 0 bridgehead atoms. The average molecular weight is 589 g/mol. The molecule has 3 aromatic heterocycles. The van der Waals surface area contributed by atoms with Gasteiger partial charge in [0.25, 0.3) is 0 Å². The van der Waals surface area contributed by atoms with Gasteiger partial charge in [-0.1, -0.05) is 97.1 Å². The molecule has 214 valence electrons. The van der Waals surface area contributed by atoms with Crippen molar-refractivity contribution in [2.24, 2.45) is 0 Å². The van der Waals surface area contributed by atoms with Gasteiger partial charge in [-0.05, 0) is 65.0 Å². The summed E-state index contributed by atoms with van der Waals surface area (Å²) in [6.45, 7) is 0. The van der Waals surface area contributed by atoms with E-state index in [1.165, 1.54) is 0 Å². The number of hydrogen-bond acceptors (Lipinski definition) is 4. The minimum absolute atomic E-state index is 0.673. The molecule has 10 aromatic rings. The standard InChI is InChI=1S/C42H24N2O2/c1-4-10-36-35(9-1)40(44-42(43-36)29-19-21-33-31-7-2-5-11-37(31)45-39(33)24-29)26-15-13-25(14-16-26)27-17-20-30-28(23-27)18-22-34-32-8-3-6-12-38(32)46-41(30)34/h1-24H. The van der Waals surface area contributed by atoms with Gasteiger partial charge >= 0.3 is 0 Å². The summed E-state index contributed by atoms with van der Waals surface area (Å²) in [6.07, 6.45) is 0. The summed E-state index contributed by atoms with van der Waals surface area (Å²) >= 11 is 0. The third-order valence-corrected chi connectivity index (χ3v) is 9.09. The van der Waals surface area contributed by atoms with E-state index in [0.29, 0.717) is 5.82 Å². The number of nitrogens with zero attached hydrogens (tertiary/aromatic N) is 2. The zero-order valence-electron chi connectivity index (χ0n) is 24.6. The first kappa shape index (κ1) is 25.1. The van der Waals surface area contributed by atoms with Crippen LogP contribution in [0.3, 0.4) is 0 Å². The molecule has 0 saturated carbocycles. The molecular formula is C42H24N2O2. The lowest BCUT2D eigenvalue weighted by molar-refractivity contribution is 0.669. The maximum absolute atomic E-state index is 6.27. The van der Waals surface area contributed by atoms with Crippen molar-refractivity contribution in [1.82, 2.24) is 9.97 Å². The molecule has 4 nitrogen and oxygen atoms in total. The minimum atomic E-state index is 0.673. The molecule has 3 heterocycles. The van der Waals surface area contributed by atoms with Crippen LogP contribution in [-0.2, 0) is 0 Å². The monoisotopic (exact) mass is 588 g/mol. The molecule has 0 spiro atoms. The van der Waals surface area contributed by atoms with Gasteiger partial charge in [-0.2, -0.15) is 0 Å². The van der Waals surface area contributed by atoms with Gasteiger partial charge in [0, 0.05) is 43.4 Å². The number of para-hydroxylation sites is 3. The summed E-state index contributed by atoms with van der Waals surface area (Å²) in [5, 5.41) is 7.79. The zero-order chi connectivity index (χ0) is 30.2. The Morgan fingerprint density at radius 2 is 0.978 bits per heavy atom. The molecule has 0 radical (unpaired) electrons. The maximum Gasteiger partial charge on any atom is 0.160 e. The van der Waals surface area contributed by atoms with Crippen molar-refractivity contribution in [1.29, 1.82) is 0 Å². The van der Waals surface area contributed by atoms with Crippen LogP contribution in [0.2, 0.25) is 0 Å². The lowest BCUT2D eigenvalue weighted by Gasteiger charge is -2.11. The van der Waals surface area contributed by atoms with Crippen molar-refractivity contribution >= 4 is 65.6 Å². The SMILES string of the molecule is c1ccc2c(-c3ccc(-c4ccc5c(ccc6c7ccccc7oc56)c4)cc3)nc(-c3ccc4c(c3)oc3ccccc34)nc2c1. The molecule has 0 aliphatic rings. The van der Waals surface area contributed by atoms with Gasteiger partial charge in [-0.15, -0.1) is 0 Å². The Balaban J connectivity index is 1.05. The highest BCUT2D eigenvalue weighted by atomic mass is 16.3. The summed E-state index contributed by atoms with van der Waals surface area (Å²) in [5.74, 6) is 0.673. The van der Waals surface area contributed by atoms with Crippen molar-refractivity contribution < 1.29 is 8.83 Å². The highest BCUT2D eigenvalue weighted by molar-refractivity contribution is 6.15. The van der Waals surface area contributed by atoms with E-state index in [1.807, 2.05) is 54.6 Å². The van der Waals surface area contributed by atoms with Gasteiger partial charge in [-0.25, -0.2) is 9.97 Å². The first-order valence-electron chi connectivity index (χ1n) is 15.4. The molecular weight excluding hydrogens is 564 g/mol. The predicted octanol–water partition coefficient (Wildman–Crippen LogP) is 11.6. The molecule has 4 heteroatoms. The van der Waals surface area contributed by atoms with Crippen LogP contribution >= 0.6 is 0 Å². The molecule has 0 aliphatic carbocycles. The van der Waals surface area contributed by atoms with E-state index in [-0.39, 0.29) is 0 Å². The van der Waals surface area contributed by atoms with E-state index in [4.69, 9.17) is 18.8 Å². The fourth-order valence-corrected chi connectivity index (χ4v) is 6.80. The van der Waals surface area contributed by atoms with Crippen LogP contribution in [0.15, 0.2) is 154 Å². The summed E-state index contributed by atoms with van der Waals surface area (Å²) in [5.41, 5.74) is 9.63. The van der Waals surface area contributed by atoms with Gasteiger partial charge in [0.05, 0.1) is 11.2 Å². The van der Waals surface area contributed by atoms with Crippen LogP contribution in [-0.4, -0.2) is 9.97 Å². The van der Waals surface area contributed by atoms with E-state index in [2.05, 4.69) is 91.0 Å². The second kappa shape index (κ2) is 9.62. The lowest BCUT2D eigenvalue weighted by atomic mass is 9.98. The van der Waals surface area contributed by atoms with Gasteiger partial charge < -0.3 is 8.83 Å². The van der Waals surface area contributed by atoms with Crippen molar-refractivity contribution in [3.63, 3.8) is 0 Å². The van der Waals surface area contributed by atoms with Gasteiger partial charge in [-0.3, -0.25) is 0 Å². The van der Waals surface area contributed by atoms with Crippen molar-refractivity contribution in [2.45, 2.75) is 0 Å². The molecule has 10 rings (SSSR count). The number of aromatic nitrogens is 2. The van der Waals surface area contributed by atoms with E-state index < -0.39 is 0 Å². The smallest absolute Gasteiger partial charge is 0.160 e. The Kier molecular flexibility index (Phi) is 5.25. The first-order chi connectivity index (χ1) is 22.8. The molecule has 0 saturated heterocycles. The van der Waals surface area contributed by atoms with Crippen LogP contribution in [0.5, 0.6) is 0 Å². The van der Waals surface area contributed by atoms with Gasteiger partial charge in [0.1, 0.15) is 22.3 Å². The molecule has 0 atom stereocenters. The maximum atomic E-state index is 6.27. The molecule has 0 unspecified atom stereocenters. The highest BCUT2D eigenvalue weighted by Gasteiger charge is 2.15. The summed E-state index contributed by atoms with van der Waals surface area (Å²) in [6, 6.07) is 50.4. The van der Waals surface area contributed by atoms with Crippen molar-refractivity contribution in [2.75, 3.05) is 0 Å². The Bertz CT molecular complexity index is 2810. The summed E-state index contributed by atoms with van der Waals surface area (Å²) in [4.78, 5) is 10.1. The summed E-state index contributed by atoms with van der Waals surface area (Å²) in [7, 11) is 0. The van der Waals surface area contributed by atoms with E-state index >= 15 is 0 Å². The van der Waals surface area contributed by atoms with Crippen LogP contribution in [0, 0.1) is 0 Å². The summed E-state index contributed by atoms with van der Waals surface area (Å²) < 4.78 is 12.4. The normalized spacial score (nSPS) is 11.9. The second-order valence-corrected chi connectivity index (χ2v) is 11.8. The molecule has 0 aliphatic heterocycles. The fourth-order valence-electron chi connectivity index (χ4n) is 6.80. The van der Waals surface area contributed by atoms with Crippen LogP contribution in [0.1, 0.15) is 0 Å². The molecule has 46 heavy (non-hydrogen) atoms. The van der Waals surface area contributed by atoms with E-state index in [0.717, 1.165) is 93.5 Å². The lowest BCUT2D eigenvalue weighted by Crippen LogP contribution is -1.95. The van der Waals surface area contributed by atoms with Crippen molar-refractivity contribution in [3.8, 4) is 33.8 Å². The first-order valence-corrected chi connectivity index (χ1v) is 15.4. The predicted molar refractivity (Wildman–Crippen MR) is 188 cm³/mol. The van der Waals surface area contributed by atoms with Gasteiger partial charge in [0.2, 0.25) is 0 Å². The zero-order valence-corrected chi connectivity index (χ0v) is 24.6. The molecule has 0 N–H and O–H groups in total. The Morgan fingerprint density at radius 3 is 1.83 bits per heavy atom. The third kappa shape index (κ3) is 3.80. The topological polar surface area (TPSA) is 52.1 Å². The molecule has 0 fully saturated rings.